The highest BCUT2D eigenvalue weighted by molar-refractivity contribution is 4.73. The third-order valence-electron chi connectivity index (χ3n) is 3.54. The molecular formula is C13H26N2O2. The number of morpholine rings is 1. The highest BCUT2D eigenvalue weighted by Crippen LogP contribution is 2.11. The molecule has 0 aromatic heterocycles. The van der Waals surface area contributed by atoms with Crippen LogP contribution in [-0.4, -0.2) is 62.5 Å². The first kappa shape index (κ1) is 13.3. The zero-order valence-electron chi connectivity index (χ0n) is 11.2. The first-order chi connectivity index (χ1) is 8.24. The lowest BCUT2D eigenvalue weighted by Gasteiger charge is -2.35. The minimum absolute atomic E-state index is 0.359. The summed E-state index contributed by atoms with van der Waals surface area (Å²) in [6.45, 7) is 10.5. The largest absolute Gasteiger partial charge is 0.377 e. The van der Waals surface area contributed by atoms with Gasteiger partial charge in [0.1, 0.15) is 0 Å². The van der Waals surface area contributed by atoms with Crippen LogP contribution in [0.5, 0.6) is 0 Å². The molecule has 2 atom stereocenters. The molecule has 1 N–H and O–H groups in total. The third kappa shape index (κ3) is 4.54. The van der Waals surface area contributed by atoms with Crippen molar-refractivity contribution >= 4 is 0 Å². The van der Waals surface area contributed by atoms with Gasteiger partial charge in [0.05, 0.1) is 24.9 Å². The molecule has 0 amide bonds. The van der Waals surface area contributed by atoms with Crippen LogP contribution in [0.25, 0.3) is 0 Å². The fourth-order valence-corrected chi connectivity index (χ4v) is 2.78. The van der Waals surface area contributed by atoms with Crippen LogP contribution < -0.4 is 5.32 Å². The molecule has 2 aliphatic rings. The van der Waals surface area contributed by atoms with Gasteiger partial charge in [0.15, 0.2) is 0 Å². The SMILES string of the molecule is C[C@H]1CN(CCOC2CCNCC2)C[C@H](C)O1. The van der Waals surface area contributed by atoms with Crippen molar-refractivity contribution in [1.29, 1.82) is 0 Å². The Morgan fingerprint density at radius 2 is 1.82 bits per heavy atom. The quantitative estimate of drug-likeness (QED) is 0.793. The molecule has 0 spiro atoms. The normalized spacial score (nSPS) is 32.8. The summed E-state index contributed by atoms with van der Waals surface area (Å²) in [5, 5.41) is 3.36. The van der Waals surface area contributed by atoms with Crippen molar-refractivity contribution in [2.75, 3.05) is 39.3 Å². The number of nitrogens with zero attached hydrogens (tertiary/aromatic N) is 1. The van der Waals surface area contributed by atoms with Gasteiger partial charge in [-0.2, -0.15) is 0 Å². The Labute approximate surface area is 105 Å². The lowest BCUT2D eigenvalue weighted by molar-refractivity contribution is -0.0770. The molecule has 2 heterocycles. The summed E-state index contributed by atoms with van der Waals surface area (Å²) in [7, 11) is 0. The maximum atomic E-state index is 5.93. The van der Waals surface area contributed by atoms with Crippen LogP contribution in [0.1, 0.15) is 26.7 Å². The lowest BCUT2D eigenvalue weighted by Crippen LogP contribution is -2.46. The zero-order valence-corrected chi connectivity index (χ0v) is 11.2. The van der Waals surface area contributed by atoms with Crippen LogP contribution in [0.3, 0.4) is 0 Å². The summed E-state index contributed by atoms with van der Waals surface area (Å²) in [6, 6.07) is 0. The third-order valence-corrected chi connectivity index (χ3v) is 3.54. The number of ether oxygens (including phenoxy) is 2. The average Bonchev–Trinajstić information content (AvgIpc) is 2.29. The van der Waals surface area contributed by atoms with Crippen molar-refractivity contribution in [1.82, 2.24) is 10.2 Å². The molecule has 0 saturated carbocycles. The van der Waals surface area contributed by atoms with Gasteiger partial charge in [0.25, 0.3) is 0 Å². The van der Waals surface area contributed by atoms with Gasteiger partial charge in [-0.1, -0.05) is 0 Å². The molecule has 4 nitrogen and oxygen atoms in total. The van der Waals surface area contributed by atoms with E-state index in [-0.39, 0.29) is 0 Å². The number of hydrogen-bond acceptors (Lipinski definition) is 4. The molecule has 100 valence electrons. The minimum atomic E-state index is 0.359. The summed E-state index contributed by atoms with van der Waals surface area (Å²) in [4.78, 5) is 2.46. The van der Waals surface area contributed by atoms with E-state index < -0.39 is 0 Å². The molecule has 0 radical (unpaired) electrons. The molecule has 0 aromatic carbocycles. The predicted octanol–water partition coefficient (Wildman–Crippen LogP) is 0.864. The summed E-state index contributed by atoms with van der Waals surface area (Å²) in [6.07, 6.45) is 3.52. The molecule has 0 aromatic rings. The van der Waals surface area contributed by atoms with Crippen molar-refractivity contribution in [3.63, 3.8) is 0 Å². The Morgan fingerprint density at radius 1 is 1.18 bits per heavy atom. The fourth-order valence-electron chi connectivity index (χ4n) is 2.78. The molecule has 0 aliphatic carbocycles. The van der Waals surface area contributed by atoms with Crippen LogP contribution >= 0.6 is 0 Å². The van der Waals surface area contributed by atoms with Crippen LogP contribution in [0.15, 0.2) is 0 Å². The molecule has 4 heteroatoms. The summed E-state index contributed by atoms with van der Waals surface area (Å²) < 4.78 is 11.7. The van der Waals surface area contributed by atoms with Gasteiger partial charge in [-0.15, -0.1) is 0 Å². The van der Waals surface area contributed by atoms with Gasteiger partial charge in [-0.05, 0) is 39.8 Å². The molecule has 2 rings (SSSR count). The van der Waals surface area contributed by atoms with Gasteiger partial charge >= 0.3 is 0 Å². The smallest absolute Gasteiger partial charge is 0.0678 e. The van der Waals surface area contributed by atoms with E-state index in [1.807, 2.05) is 0 Å². The number of hydrogen-bond donors (Lipinski definition) is 1. The standard InChI is InChI=1S/C13H26N2O2/c1-11-9-15(10-12(2)17-11)7-8-16-13-3-5-14-6-4-13/h11-14H,3-10H2,1-2H3/t11-,12-/m0/s1. The van der Waals surface area contributed by atoms with Crippen LogP contribution in [0.2, 0.25) is 0 Å². The van der Waals surface area contributed by atoms with E-state index in [2.05, 4.69) is 24.1 Å². The van der Waals surface area contributed by atoms with Crippen molar-refractivity contribution in [3.05, 3.63) is 0 Å². The maximum Gasteiger partial charge on any atom is 0.0678 e. The van der Waals surface area contributed by atoms with Gasteiger partial charge in [-0.25, -0.2) is 0 Å². The van der Waals surface area contributed by atoms with E-state index in [0.29, 0.717) is 18.3 Å². The summed E-state index contributed by atoms with van der Waals surface area (Å²) in [5.74, 6) is 0. The monoisotopic (exact) mass is 242 g/mol. The van der Waals surface area contributed by atoms with E-state index in [1.54, 1.807) is 0 Å². The van der Waals surface area contributed by atoms with Crippen molar-refractivity contribution in [2.24, 2.45) is 0 Å². The van der Waals surface area contributed by atoms with Gasteiger partial charge in [-0.3, -0.25) is 4.90 Å². The Morgan fingerprint density at radius 3 is 2.47 bits per heavy atom. The molecular weight excluding hydrogens is 216 g/mol. The maximum absolute atomic E-state index is 5.93. The van der Waals surface area contributed by atoms with E-state index in [4.69, 9.17) is 9.47 Å². The predicted molar refractivity (Wildman–Crippen MR) is 68.3 cm³/mol. The highest BCUT2D eigenvalue weighted by Gasteiger charge is 2.22. The van der Waals surface area contributed by atoms with Crippen LogP contribution in [0.4, 0.5) is 0 Å². The minimum Gasteiger partial charge on any atom is -0.377 e. The molecule has 2 fully saturated rings. The molecule has 2 aliphatic heterocycles. The average molecular weight is 242 g/mol. The highest BCUT2D eigenvalue weighted by atomic mass is 16.5. The van der Waals surface area contributed by atoms with Crippen LogP contribution in [0, 0.1) is 0 Å². The van der Waals surface area contributed by atoms with E-state index in [9.17, 15) is 0 Å². The second-order valence-electron chi connectivity index (χ2n) is 5.34. The van der Waals surface area contributed by atoms with Gasteiger partial charge < -0.3 is 14.8 Å². The Bertz CT molecular complexity index is 209. The number of piperidine rings is 1. The first-order valence-corrected chi connectivity index (χ1v) is 6.94. The van der Waals surface area contributed by atoms with E-state index in [1.165, 1.54) is 0 Å². The molecule has 0 unspecified atom stereocenters. The van der Waals surface area contributed by atoms with Crippen molar-refractivity contribution in [3.8, 4) is 0 Å². The second kappa shape index (κ2) is 6.69. The Kier molecular flexibility index (Phi) is 5.22. The molecule has 17 heavy (non-hydrogen) atoms. The summed E-state index contributed by atoms with van der Waals surface area (Å²) >= 11 is 0. The topological polar surface area (TPSA) is 33.7 Å². The van der Waals surface area contributed by atoms with Crippen molar-refractivity contribution in [2.45, 2.75) is 45.0 Å². The Hall–Kier alpha value is -0.160. The van der Waals surface area contributed by atoms with Crippen molar-refractivity contribution < 1.29 is 9.47 Å². The van der Waals surface area contributed by atoms with Gasteiger partial charge in [0, 0.05) is 19.6 Å². The zero-order chi connectivity index (χ0) is 12.1. The Balaban J connectivity index is 1.60. The van der Waals surface area contributed by atoms with Crippen LogP contribution in [-0.2, 0) is 9.47 Å². The second-order valence-corrected chi connectivity index (χ2v) is 5.34. The van der Waals surface area contributed by atoms with E-state index in [0.717, 1.165) is 52.2 Å². The fraction of sp³-hybridized carbons (Fsp3) is 1.00. The summed E-state index contributed by atoms with van der Waals surface area (Å²) in [5.41, 5.74) is 0. The number of nitrogens with one attached hydrogen (secondary N) is 1. The lowest BCUT2D eigenvalue weighted by atomic mass is 10.1. The van der Waals surface area contributed by atoms with Gasteiger partial charge in [0.2, 0.25) is 0 Å². The first-order valence-electron chi connectivity index (χ1n) is 6.94. The molecule has 0 bridgehead atoms. The van der Waals surface area contributed by atoms with E-state index >= 15 is 0 Å². The molecule has 2 saturated heterocycles. The number of rotatable bonds is 4.